The molecule has 0 fully saturated rings. The maximum Gasteiger partial charge on any atom is 0.320 e. The first-order valence-electron chi connectivity index (χ1n) is 4.46. The largest absolute Gasteiger partial charge is 0.480 e. The average molecular weight is 189 g/mol. The molecule has 13 heavy (non-hydrogen) atoms. The standard InChI is InChI=1S/C9H19NO3/c1-6(2)7(5-13-3)4-8(10)9(11)12/h6-8H,4-5,10H2,1-3H3,(H,11,12). The van der Waals surface area contributed by atoms with Crippen molar-refractivity contribution < 1.29 is 14.6 Å². The number of methoxy groups -OCH3 is 1. The Labute approximate surface area is 79.1 Å². The van der Waals surface area contributed by atoms with E-state index in [1.54, 1.807) is 7.11 Å². The number of hydrogen-bond donors (Lipinski definition) is 2. The van der Waals surface area contributed by atoms with E-state index in [4.69, 9.17) is 15.6 Å². The summed E-state index contributed by atoms with van der Waals surface area (Å²) in [4.78, 5) is 10.5. The fourth-order valence-corrected chi connectivity index (χ4v) is 1.17. The fourth-order valence-electron chi connectivity index (χ4n) is 1.17. The Bertz CT molecular complexity index is 159. The lowest BCUT2D eigenvalue weighted by Gasteiger charge is -2.21. The first-order valence-corrected chi connectivity index (χ1v) is 4.46. The van der Waals surface area contributed by atoms with Crippen LogP contribution >= 0.6 is 0 Å². The van der Waals surface area contributed by atoms with Crippen LogP contribution in [0.3, 0.4) is 0 Å². The molecule has 0 saturated carbocycles. The molecule has 2 atom stereocenters. The second-order valence-corrected chi connectivity index (χ2v) is 3.64. The Morgan fingerprint density at radius 1 is 1.54 bits per heavy atom. The minimum Gasteiger partial charge on any atom is -0.480 e. The summed E-state index contributed by atoms with van der Waals surface area (Å²) in [7, 11) is 1.61. The van der Waals surface area contributed by atoms with Crippen LogP contribution in [-0.2, 0) is 9.53 Å². The Balaban J connectivity index is 4.01. The van der Waals surface area contributed by atoms with Gasteiger partial charge in [-0.15, -0.1) is 0 Å². The molecule has 2 unspecified atom stereocenters. The van der Waals surface area contributed by atoms with E-state index in [-0.39, 0.29) is 5.92 Å². The van der Waals surface area contributed by atoms with E-state index in [1.165, 1.54) is 0 Å². The summed E-state index contributed by atoms with van der Waals surface area (Å²) in [6, 6.07) is -0.775. The highest BCUT2D eigenvalue weighted by Gasteiger charge is 2.20. The Morgan fingerprint density at radius 3 is 2.38 bits per heavy atom. The van der Waals surface area contributed by atoms with Crippen molar-refractivity contribution in [1.29, 1.82) is 0 Å². The zero-order valence-electron chi connectivity index (χ0n) is 8.49. The SMILES string of the molecule is COCC(CC(N)C(=O)O)C(C)C. The summed E-state index contributed by atoms with van der Waals surface area (Å²) in [6.45, 7) is 4.65. The van der Waals surface area contributed by atoms with E-state index in [9.17, 15) is 4.79 Å². The minimum absolute atomic E-state index is 0.219. The Hall–Kier alpha value is -0.610. The van der Waals surface area contributed by atoms with Gasteiger partial charge in [0.2, 0.25) is 0 Å². The second-order valence-electron chi connectivity index (χ2n) is 3.64. The summed E-state index contributed by atoms with van der Waals surface area (Å²) in [5.74, 6) is -0.330. The molecule has 0 rings (SSSR count). The minimum atomic E-state index is -0.943. The number of aliphatic carboxylic acids is 1. The molecule has 78 valence electrons. The molecule has 0 aromatic heterocycles. The summed E-state index contributed by atoms with van der Waals surface area (Å²) >= 11 is 0. The van der Waals surface area contributed by atoms with Gasteiger partial charge in [0.05, 0.1) is 0 Å². The number of carboxylic acids is 1. The molecule has 0 radical (unpaired) electrons. The van der Waals surface area contributed by atoms with Gasteiger partial charge in [-0.1, -0.05) is 13.8 Å². The Kier molecular flexibility index (Phi) is 5.66. The Morgan fingerprint density at radius 2 is 2.08 bits per heavy atom. The van der Waals surface area contributed by atoms with Gasteiger partial charge in [-0.25, -0.2) is 0 Å². The predicted octanol–water partition coefficient (Wildman–Crippen LogP) is 0.707. The number of carboxylic acid groups (broad SMARTS) is 1. The monoisotopic (exact) mass is 189 g/mol. The molecule has 0 amide bonds. The van der Waals surface area contributed by atoms with E-state index >= 15 is 0 Å². The van der Waals surface area contributed by atoms with Crippen molar-refractivity contribution in [2.45, 2.75) is 26.3 Å². The van der Waals surface area contributed by atoms with Gasteiger partial charge < -0.3 is 15.6 Å². The lowest BCUT2D eigenvalue weighted by atomic mass is 9.90. The third kappa shape index (κ3) is 4.85. The van der Waals surface area contributed by atoms with E-state index in [0.717, 1.165) is 0 Å². The van der Waals surface area contributed by atoms with Crippen LogP contribution in [0.5, 0.6) is 0 Å². The topological polar surface area (TPSA) is 72.5 Å². The molecule has 0 heterocycles. The highest BCUT2D eigenvalue weighted by molar-refractivity contribution is 5.73. The molecule has 3 N–H and O–H groups in total. The lowest BCUT2D eigenvalue weighted by molar-refractivity contribution is -0.139. The summed E-state index contributed by atoms with van der Waals surface area (Å²) in [5, 5.41) is 8.62. The van der Waals surface area contributed by atoms with Crippen LogP contribution in [0.2, 0.25) is 0 Å². The summed E-state index contributed by atoms with van der Waals surface area (Å²) in [6.07, 6.45) is 0.473. The molecule has 0 aromatic rings. The molecule has 0 aliphatic heterocycles. The molecule has 0 aliphatic rings. The first-order chi connectivity index (χ1) is 5.99. The number of rotatable bonds is 6. The van der Waals surface area contributed by atoms with E-state index in [2.05, 4.69) is 0 Å². The van der Waals surface area contributed by atoms with Crippen molar-refractivity contribution in [3.05, 3.63) is 0 Å². The van der Waals surface area contributed by atoms with Gasteiger partial charge in [0.1, 0.15) is 6.04 Å². The molecular formula is C9H19NO3. The number of hydrogen-bond acceptors (Lipinski definition) is 3. The van der Waals surface area contributed by atoms with Crippen molar-refractivity contribution in [3.8, 4) is 0 Å². The third-order valence-electron chi connectivity index (χ3n) is 2.20. The van der Waals surface area contributed by atoms with Crippen molar-refractivity contribution in [2.24, 2.45) is 17.6 Å². The van der Waals surface area contributed by atoms with Gasteiger partial charge in [0.15, 0.2) is 0 Å². The molecule has 4 heteroatoms. The van der Waals surface area contributed by atoms with Crippen LogP contribution < -0.4 is 5.73 Å². The smallest absolute Gasteiger partial charge is 0.320 e. The van der Waals surface area contributed by atoms with Crippen molar-refractivity contribution >= 4 is 5.97 Å². The van der Waals surface area contributed by atoms with Crippen LogP contribution in [0.1, 0.15) is 20.3 Å². The second kappa shape index (κ2) is 5.94. The number of nitrogens with two attached hydrogens (primary N) is 1. The van der Waals surface area contributed by atoms with E-state index < -0.39 is 12.0 Å². The van der Waals surface area contributed by atoms with Crippen LogP contribution in [0.4, 0.5) is 0 Å². The van der Waals surface area contributed by atoms with Crippen molar-refractivity contribution in [1.82, 2.24) is 0 Å². The molecule has 0 aliphatic carbocycles. The highest BCUT2D eigenvalue weighted by Crippen LogP contribution is 2.16. The lowest BCUT2D eigenvalue weighted by Crippen LogP contribution is -2.34. The zero-order chi connectivity index (χ0) is 10.4. The maximum absolute atomic E-state index is 10.5. The van der Waals surface area contributed by atoms with Gasteiger partial charge in [0.25, 0.3) is 0 Å². The van der Waals surface area contributed by atoms with Crippen LogP contribution in [0, 0.1) is 11.8 Å². The molecule has 0 bridgehead atoms. The third-order valence-corrected chi connectivity index (χ3v) is 2.20. The van der Waals surface area contributed by atoms with Crippen molar-refractivity contribution in [3.63, 3.8) is 0 Å². The predicted molar refractivity (Wildman–Crippen MR) is 50.4 cm³/mol. The molecule has 0 saturated heterocycles. The normalized spacial score (nSPS) is 15.8. The van der Waals surface area contributed by atoms with Crippen molar-refractivity contribution in [2.75, 3.05) is 13.7 Å². The quantitative estimate of drug-likeness (QED) is 0.645. The fraction of sp³-hybridized carbons (Fsp3) is 0.889. The number of ether oxygens (including phenoxy) is 1. The first kappa shape index (κ1) is 12.4. The van der Waals surface area contributed by atoms with Gasteiger partial charge in [-0.05, 0) is 18.3 Å². The number of carbonyl (C=O) groups is 1. The van der Waals surface area contributed by atoms with Gasteiger partial charge in [0, 0.05) is 13.7 Å². The van der Waals surface area contributed by atoms with E-state index in [0.29, 0.717) is 18.9 Å². The van der Waals surface area contributed by atoms with Crippen LogP contribution in [-0.4, -0.2) is 30.8 Å². The highest BCUT2D eigenvalue weighted by atomic mass is 16.5. The molecule has 4 nitrogen and oxygen atoms in total. The average Bonchev–Trinajstić information content (AvgIpc) is 2.03. The molecule has 0 aromatic carbocycles. The summed E-state index contributed by atoms with van der Waals surface area (Å²) in [5.41, 5.74) is 5.43. The van der Waals surface area contributed by atoms with Crippen LogP contribution in [0.25, 0.3) is 0 Å². The molecule has 0 spiro atoms. The molecular weight excluding hydrogens is 170 g/mol. The van der Waals surface area contributed by atoms with Gasteiger partial charge in [-0.2, -0.15) is 0 Å². The van der Waals surface area contributed by atoms with Gasteiger partial charge in [-0.3, -0.25) is 4.79 Å². The zero-order valence-corrected chi connectivity index (χ0v) is 8.49. The van der Waals surface area contributed by atoms with Gasteiger partial charge >= 0.3 is 5.97 Å². The van der Waals surface area contributed by atoms with E-state index in [1.807, 2.05) is 13.8 Å². The summed E-state index contributed by atoms with van der Waals surface area (Å²) < 4.78 is 5.00. The van der Waals surface area contributed by atoms with Crippen LogP contribution in [0.15, 0.2) is 0 Å². The maximum atomic E-state index is 10.5.